The van der Waals surface area contributed by atoms with Crippen LogP contribution in [0.4, 0.5) is 0 Å². The number of amides is 1. The van der Waals surface area contributed by atoms with Crippen molar-refractivity contribution in [2.45, 2.75) is 0 Å². The summed E-state index contributed by atoms with van der Waals surface area (Å²) in [5.41, 5.74) is -0.754. The maximum Gasteiger partial charge on any atom is 0.348 e. The van der Waals surface area contributed by atoms with Crippen molar-refractivity contribution in [2.75, 3.05) is 13.1 Å². The third kappa shape index (κ3) is 3.48. The highest BCUT2D eigenvalue weighted by Crippen LogP contribution is 2.24. The summed E-state index contributed by atoms with van der Waals surface area (Å²) in [4.78, 5) is 36.8. The Labute approximate surface area is 123 Å². The number of carboxylic acids is 1. The number of nitrogens with one attached hydrogen (secondary N) is 1. The van der Waals surface area contributed by atoms with E-state index in [0.29, 0.717) is 5.39 Å². The molecule has 0 aliphatic carbocycles. The Morgan fingerprint density at radius 1 is 1.36 bits per heavy atom. The first-order chi connectivity index (χ1) is 10.5. The number of rotatable bonds is 5. The number of carbonyl (C=O) groups excluding carboxylic acids is 2. The number of nitrogens with zero attached hydrogens (tertiary/aromatic N) is 1. The highest BCUT2D eigenvalue weighted by molar-refractivity contribution is 5.94. The van der Waals surface area contributed by atoms with Crippen LogP contribution in [0.1, 0.15) is 5.56 Å². The number of benzene rings is 1. The summed E-state index contributed by atoms with van der Waals surface area (Å²) in [7, 11) is 0. The van der Waals surface area contributed by atoms with E-state index in [1.165, 1.54) is 6.07 Å². The van der Waals surface area contributed by atoms with Gasteiger partial charge in [-0.05, 0) is 12.1 Å². The molecular weight excluding hydrogens is 292 g/mol. The van der Waals surface area contributed by atoms with Crippen LogP contribution in [0.25, 0.3) is 11.0 Å². The van der Waals surface area contributed by atoms with E-state index in [2.05, 4.69) is 4.99 Å². The first kappa shape index (κ1) is 15.2. The topological polar surface area (TPSA) is 132 Å². The molecule has 1 aromatic carbocycles. The van der Waals surface area contributed by atoms with Crippen LogP contribution < -0.4 is 16.0 Å². The van der Waals surface area contributed by atoms with Gasteiger partial charge in [-0.25, -0.2) is 4.79 Å². The molecule has 1 heterocycles. The third-order valence-corrected chi connectivity index (χ3v) is 2.71. The average Bonchev–Trinajstić information content (AvgIpc) is 2.48. The fraction of sp³-hybridized carbons (Fsp3) is 0.143. The smallest absolute Gasteiger partial charge is 0.348 e. The maximum absolute atomic E-state index is 11.7. The number of aliphatic carboxylic acids is 1. The molecule has 0 atom stereocenters. The van der Waals surface area contributed by atoms with E-state index in [0.717, 1.165) is 6.21 Å². The number of carboxylic acid groups (broad SMARTS) is 1. The highest BCUT2D eigenvalue weighted by atomic mass is 16.4. The van der Waals surface area contributed by atoms with Crippen LogP contribution in [-0.4, -0.2) is 36.3 Å². The molecule has 0 fully saturated rings. The molecule has 2 N–H and O–H groups in total. The van der Waals surface area contributed by atoms with E-state index in [1.54, 1.807) is 18.2 Å². The molecule has 1 amide bonds. The molecule has 0 saturated heterocycles. The number of aliphatic imine (C=N–C) groups is 1. The number of para-hydroxylation sites is 1. The van der Waals surface area contributed by atoms with E-state index >= 15 is 0 Å². The molecule has 114 valence electrons. The van der Waals surface area contributed by atoms with Gasteiger partial charge < -0.3 is 24.7 Å². The lowest BCUT2D eigenvalue weighted by atomic mass is 10.1. The van der Waals surface area contributed by atoms with Gasteiger partial charge in [0.1, 0.15) is 23.4 Å². The average molecular weight is 303 g/mol. The number of hydrogen-bond acceptors (Lipinski definition) is 7. The summed E-state index contributed by atoms with van der Waals surface area (Å²) in [5, 5.41) is 22.6. The van der Waals surface area contributed by atoms with Gasteiger partial charge >= 0.3 is 5.63 Å². The van der Waals surface area contributed by atoms with Crippen molar-refractivity contribution in [3.63, 3.8) is 0 Å². The van der Waals surface area contributed by atoms with Crippen molar-refractivity contribution >= 4 is 29.1 Å². The number of aromatic hydroxyl groups is 1. The minimum Gasteiger partial charge on any atom is -0.548 e. The van der Waals surface area contributed by atoms with E-state index in [4.69, 9.17) is 4.42 Å². The van der Waals surface area contributed by atoms with Crippen LogP contribution >= 0.6 is 0 Å². The molecule has 0 bridgehead atoms. The number of hydrogen-bond donors (Lipinski definition) is 2. The largest absolute Gasteiger partial charge is 0.548 e. The van der Waals surface area contributed by atoms with Crippen molar-refractivity contribution in [1.29, 1.82) is 0 Å². The Balaban J connectivity index is 2.18. The van der Waals surface area contributed by atoms with Crippen molar-refractivity contribution in [1.82, 2.24) is 5.32 Å². The van der Waals surface area contributed by atoms with E-state index in [1.807, 2.05) is 5.32 Å². The van der Waals surface area contributed by atoms with Crippen LogP contribution in [0.3, 0.4) is 0 Å². The summed E-state index contributed by atoms with van der Waals surface area (Å²) in [6.07, 6.45) is 1.01. The fourth-order valence-electron chi connectivity index (χ4n) is 1.71. The van der Waals surface area contributed by atoms with E-state index in [-0.39, 0.29) is 16.9 Å². The predicted molar refractivity (Wildman–Crippen MR) is 74.6 cm³/mol. The molecule has 0 spiro atoms. The van der Waals surface area contributed by atoms with Gasteiger partial charge in [-0.15, -0.1) is 0 Å². The molecule has 0 aliphatic rings. The van der Waals surface area contributed by atoms with Gasteiger partial charge in [0.05, 0.1) is 17.9 Å². The second-order valence-electron chi connectivity index (χ2n) is 4.27. The van der Waals surface area contributed by atoms with Gasteiger partial charge in [-0.3, -0.25) is 9.79 Å². The van der Waals surface area contributed by atoms with Gasteiger partial charge in [-0.1, -0.05) is 12.1 Å². The van der Waals surface area contributed by atoms with Crippen molar-refractivity contribution in [3.8, 4) is 5.75 Å². The summed E-state index contributed by atoms with van der Waals surface area (Å²) in [6, 6.07) is 6.42. The predicted octanol–water partition coefficient (Wildman–Crippen LogP) is -1.22. The summed E-state index contributed by atoms with van der Waals surface area (Å²) in [5.74, 6) is -2.39. The van der Waals surface area contributed by atoms with Gasteiger partial charge in [0.25, 0.3) is 0 Å². The molecule has 2 rings (SSSR count). The maximum atomic E-state index is 11.7. The Morgan fingerprint density at radius 3 is 2.82 bits per heavy atom. The van der Waals surface area contributed by atoms with Crippen LogP contribution in [-0.2, 0) is 9.59 Å². The van der Waals surface area contributed by atoms with Crippen LogP contribution in [0.2, 0.25) is 0 Å². The Hall–Kier alpha value is -3.16. The SMILES string of the molecule is O=C([O-])CNC(=O)CN=Cc1c(O)c2ccccc2oc1=O. The van der Waals surface area contributed by atoms with Gasteiger partial charge in [0, 0.05) is 6.21 Å². The molecule has 8 nitrogen and oxygen atoms in total. The number of fused-ring (bicyclic) bond motifs is 1. The Morgan fingerprint density at radius 2 is 2.09 bits per heavy atom. The zero-order chi connectivity index (χ0) is 16.1. The van der Waals surface area contributed by atoms with E-state index in [9.17, 15) is 24.6 Å². The minimum absolute atomic E-state index is 0.189. The van der Waals surface area contributed by atoms with Crippen LogP contribution in [0, 0.1) is 0 Å². The monoisotopic (exact) mass is 303 g/mol. The van der Waals surface area contributed by atoms with Crippen molar-refractivity contribution in [3.05, 3.63) is 40.2 Å². The van der Waals surface area contributed by atoms with E-state index < -0.39 is 30.6 Å². The Kier molecular flexibility index (Phi) is 4.52. The standard InChI is InChI=1S/C14H12N2O6/c17-11(16-7-12(18)19)6-15-5-9-13(20)8-3-1-2-4-10(8)22-14(9)21/h1-5,20H,6-7H2,(H,16,17)(H,18,19)/p-1. The molecule has 0 radical (unpaired) electrons. The lowest BCUT2D eigenvalue weighted by Gasteiger charge is -2.03. The molecule has 22 heavy (non-hydrogen) atoms. The second kappa shape index (κ2) is 6.53. The van der Waals surface area contributed by atoms with Crippen molar-refractivity contribution < 1.29 is 24.2 Å². The third-order valence-electron chi connectivity index (χ3n) is 2.71. The number of carbonyl (C=O) groups is 2. The summed E-state index contributed by atoms with van der Waals surface area (Å²) in [6.45, 7) is -1.03. The molecule has 2 aromatic rings. The van der Waals surface area contributed by atoms with Gasteiger partial charge in [0.2, 0.25) is 5.91 Å². The van der Waals surface area contributed by atoms with Crippen LogP contribution in [0.5, 0.6) is 5.75 Å². The van der Waals surface area contributed by atoms with Crippen LogP contribution in [0.15, 0.2) is 38.5 Å². The second-order valence-corrected chi connectivity index (χ2v) is 4.27. The van der Waals surface area contributed by atoms with Gasteiger partial charge in [-0.2, -0.15) is 0 Å². The fourth-order valence-corrected chi connectivity index (χ4v) is 1.71. The molecule has 1 aromatic heterocycles. The first-order valence-electron chi connectivity index (χ1n) is 6.20. The zero-order valence-corrected chi connectivity index (χ0v) is 11.2. The Bertz CT molecular complexity index is 809. The molecule has 0 unspecified atom stereocenters. The normalized spacial score (nSPS) is 10.9. The van der Waals surface area contributed by atoms with Gasteiger partial charge in [0.15, 0.2) is 0 Å². The summed E-state index contributed by atoms with van der Waals surface area (Å²) >= 11 is 0. The molecular formula is C14H11N2O6-. The molecule has 0 aliphatic heterocycles. The zero-order valence-electron chi connectivity index (χ0n) is 11.2. The first-order valence-corrected chi connectivity index (χ1v) is 6.20. The molecule has 8 heteroatoms. The quantitative estimate of drug-likeness (QED) is 0.526. The lowest BCUT2D eigenvalue weighted by Crippen LogP contribution is -2.38. The highest BCUT2D eigenvalue weighted by Gasteiger charge is 2.11. The summed E-state index contributed by atoms with van der Waals surface area (Å²) < 4.78 is 5.02. The van der Waals surface area contributed by atoms with Crippen molar-refractivity contribution in [2.24, 2.45) is 4.99 Å². The molecule has 0 saturated carbocycles. The minimum atomic E-state index is -1.43. The lowest BCUT2D eigenvalue weighted by molar-refractivity contribution is -0.304.